The topological polar surface area (TPSA) is 30.7 Å². The van der Waals surface area contributed by atoms with Crippen LogP contribution in [0.1, 0.15) is 29.9 Å². The summed E-state index contributed by atoms with van der Waals surface area (Å²) < 4.78 is 7.03. The van der Waals surface area contributed by atoms with E-state index in [1.54, 1.807) is 11.8 Å². The standard InChI is InChI=1S/C14H17NO2S/c1-4-10-6-7-15-11(8-10)9-12(18-3)13(15)14(16)17-5-2/h6-9H,4-5H2,1-3H3. The average Bonchev–Trinajstić information content (AvgIpc) is 2.76. The van der Waals surface area contributed by atoms with Crippen LogP contribution in [0.15, 0.2) is 29.3 Å². The molecular weight excluding hydrogens is 246 g/mol. The Morgan fingerprint density at radius 1 is 1.39 bits per heavy atom. The van der Waals surface area contributed by atoms with Gasteiger partial charge < -0.3 is 9.14 Å². The van der Waals surface area contributed by atoms with Gasteiger partial charge in [0.25, 0.3) is 0 Å². The molecule has 0 amide bonds. The fraction of sp³-hybridized carbons (Fsp3) is 0.357. The molecule has 0 aliphatic carbocycles. The van der Waals surface area contributed by atoms with Gasteiger partial charge in [0.15, 0.2) is 0 Å². The first-order chi connectivity index (χ1) is 8.71. The van der Waals surface area contributed by atoms with E-state index < -0.39 is 0 Å². The number of hydrogen-bond donors (Lipinski definition) is 0. The maximum atomic E-state index is 12.0. The van der Waals surface area contributed by atoms with Crippen molar-refractivity contribution in [2.75, 3.05) is 12.9 Å². The van der Waals surface area contributed by atoms with Crippen molar-refractivity contribution in [1.82, 2.24) is 4.40 Å². The fourth-order valence-electron chi connectivity index (χ4n) is 1.97. The van der Waals surface area contributed by atoms with Crippen LogP contribution in [-0.4, -0.2) is 23.2 Å². The van der Waals surface area contributed by atoms with E-state index in [1.165, 1.54) is 5.56 Å². The lowest BCUT2D eigenvalue weighted by molar-refractivity contribution is 0.0514. The predicted octanol–water partition coefficient (Wildman–Crippen LogP) is 3.40. The molecule has 2 aromatic rings. The monoisotopic (exact) mass is 263 g/mol. The Kier molecular flexibility index (Phi) is 3.97. The highest BCUT2D eigenvalue weighted by molar-refractivity contribution is 7.98. The molecule has 0 aliphatic heterocycles. The number of ether oxygens (including phenoxy) is 1. The number of aromatic nitrogens is 1. The number of esters is 1. The largest absolute Gasteiger partial charge is 0.461 e. The minimum absolute atomic E-state index is 0.258. The molecule has 2 aromatic heterocycles. The van der Waals surface area contributed by atoms with Gasteiger partial charge in [-0.05, 0) is 43.4 Å². The van der Waals surface area contributed by atoms with E-state index in [9.17, 15) is 4.79 Å². The Morgan fingerprint density at radius 2 is 2.17 bits per heavy atom. The van der Waals surface area contributed by atoms with E-state index in [0.29, 0.717) is 12.3 Å². The first-order valence-corrected chi connectivity index (χ1v) is 7.28. The fourth-order valence-corrected chi connectivity index (χ4v) is 2.59. The summed E-state index contributed by atoms with van der Waals surface area (Å²) in [5, 5.41) is 0. The molecule has 2 heterocycles. The Balaban J connectivity index is 2.59. The molecule has 0 saturated carbocycles. The molecule has 0 fully saturated rings. The van der Waals surface area contributed by atoms with Gasteiger partial charge in [0.05, 0.1) is 6.61 Å². The SMILES string of the molecule is CCOC(=O)c1c(SC)cc2cc(CC)ccn12. The van der Waals surface area contributed by atoms with Gasteiger partial charge in [-0.25, -0.2) is 4.79 Å². The number of nitrogens with zero attached hydrogens (tertiary/aromatic N) is 1. The van der Waals surface area contributed by atoms with Gasteiger partial charge in [-0.15, -0.1) is 11.8 Å². The molecule has 2 rings (SSSR count). The molecule has 3 nitrogen and oxygen atoms in total. The minimum atomic E-state index is -0.258. The highest BCUT2D eigenvalue weighted by Crippen LogP contribution is 2.26. The van der Waals surface area contributed by atoms with Gasteiger partial charge in [0, 0.05) is 16.6 Å². The Morgan fingerprint density at radius 3 is 2.78 bits per heavy atom. The number of fused-ring (bicyclic) bond motifs is 1. The molecule has 4 heteroatoms. The summed E-state index contributed by atoms with van der Waals surface area (Å²) in [7, 11) is 0. The quantitative estimate of drug-likeness (QED) is 0.625. The summed E-state index contributed by atoms with van der Waals surface area (Å²) in [5.74, 6) is -0.258. The van der Waals surface area contributed by atoms with E-state index in [-0.39, 0.29) is 5.97 Å². The van der Waals surface area contributed by atoms with Crippen molar-refractivity contribution >= 4 is 23.2 Å². The number of rotatable bonds is 4. The van der Waals surface area contributed by atoms with Crippen LogP contribution in [0.2, 0.25) is 0 Å². The maximum absolute atomic E-state index is 12.0. The van der Waals surface area contributed by atoms with E-state index >= 15 is 0 Å². The van der Waals surface area contributed by atoms with Crippen LogP contribution in [0.3, 0.4) is 0 Å². The number of pyridine rings is 1. The second-order valence-electron chi connectivity index (χ2n) is 3.97. The summed E-state index contributed by atoms with van der Waals surface area (Å²) in [6.07, 6.45) is 4.91. The summed E-state index contributed by atoms with van der Waals surface area (Å²) in [6.45, 7) is 4.34. The van der Waals surface area contributed by atoms with Crippen LogP contribution in [0.25, 0.3) is 5.52 Å². The van der Waals surface area contributed by atoms with Gasteiger partial charge in [0.1, 0.15) is 5.69 Å². The molecule has 0 atom stereocenters. The van der Waals surface area contributed by atoms with Crippen molar-refractivity contribution in [1.29, 1.82) is 0 Å². The lowest BCUT2D eigenvalue weighted by Crippen LogP contribution is -2.09. The molecule has 0 saturated heterocycles. The van der Waals surface area contributed by atoms with E-state index in [4.69, 9.17) is 4.74 Å². The summed E-state index contributed by atoms with van der Waals surface area (Å²) in [6, 6.07) is 6.19. The summed E-state index contributed by atoms with van der Waals surface area (Å²) in [5.41, 5.74) is 2.94. The third kappa shape index (κ3) is 2.25. The molecule has 0 aromatic carbocycles. The third-order valence-electron chi connectivity index (χ3n) is 2.90. The zero-order valence-electron chi connectivity index (χ0n) is 10.9. The molecule has 0 spiro atoms. The zero-order chi connectivity index (χ0) is 13.1. The number of carbonyl (C=O) groups excluding carboxylic acids is 1. The number of thioether (sulfide) groups is 1. The molecule has 0 unspecified atom stereocenters. The second-order valence-corrected chi connectivity index (χ2v) is 4.81. The van der Waals surface area contributed by atoms with Gasteiger partial charge in [-0.1, -0.05) is 6.92 Å². The number of hydrogen-bond acceptors (Lipinski definition) is 3. The van der Waals surface area contributed by atoms with Crippen molar-refractivity contribution in [2.45, 2.75) is 25.2 Å². The van der Waals surface area contributed by atoms with Crippen LogP contribution in [-0.2, 0) is 11.2 Å². The van der Waals surface area contributed by atoms with Gasteiger partial charge in [0.2, 0.25) is 0 Å². The molecule has 18 heavy (non-hydrogen) atoms. The van der Waals surface area contributed by atoms with E-state index in [0.717, 1.165) is 16.8 Å². The van der Waals surface area contributed by atoms with Gasteiger partial charge in [-0.2, -0.15) is 0 Å². The van der Waals surface area contributed by atoms with E-state index in [2.05, 4.69) is 13.0 Å². The van der Waals surface area contributed by atoms with Crippen LogP contribution < -0.4 is 0 Å². The highest BCUT2D eigenvalue weighted by Gasteiger charge is 2.18. The molecular formula is C14H17NO2S. The minimum Gasteiger partial charge on any atom is -0.461 e. The summed E-state index contributed by atoms with van der Waals surface area (Å²) >= 11 is 1.57. The molecule has 96 valence electrons. The summed E-state index contributed by atoms with van der Waals surface area (Å²) in [4.78, 5) is 13.0. The number of aryl methyl sites for hydroxylation is 1. The van der Waals surface area contributed by atoms with Crippen LogP contribution in [0.5, 0.6) is 0 Å². The van der Waals surface area contributed by atoms with Crippen molar-refractivity contribution in [3.8, 4) is 0 Å². The van der Waals surface area contributed by atoms with Crippen LogP contribution in [0.4, 0.5) is 0 Å². The lowest BCUT2D eigenvalue weighted by atomic mass is 10.2. The second kappa shape index (κ2) is 5.48. The molecule has 0 aliphatic rings. The normalized spacial score (nSPS) is 10.8. The lowest BCUT2D eigenvalue weighted by Gasteiger charge is -2.05. The first-order valence-electron chi connectivity index (χ1n) is 6.06. The predicted molar refractivity (Wildman–Crippen MR) is 74.5 cm³/mol. The highest BCUT2D eigenvalue weighted by atomic mass is 32.2. The Hall–Kier alpha value is -1.42. The van der Waals surface area contributed by atoms with Gasteiger partial charge >= 0.3 is 5.97 Å². The average molecular weight is 263 g/mol. The smallest absolute Gasteiger partial charge is 0.356 e. The van der Waals surface area contributed by atoms with Gasteiger partial charge in [-0.3, -0.25) is 0 Å². The van der Waals surface area contributed by atoms with Crippen molar-refractivity contribution in [3.63, 3.8) is 0 Å². The Labute approximate surface area is 111 Å². The number of carbonyl (C=O) groups is 1. The maximum Gasteiger partial charge on any atom is 0.356 e. The molecule has 0 bridgehead atoms. The third-order valence-corrected chi connectivity index (χ3v) is 3.65. The van der Waals surface area contributed by atoms with Crippen LogP contribution in [0, 0.1) is 0 Å². The van der Waals surface area contributed by atoms with E-state index in [1.807, 2.05) is 35.9 Å². The zero-order valence-corrected chi connectivity index (χ0v) is 11.7. The Bertz CT molecular complexity index is 574. The van der Waals surface area contributed by atoms with Crippen molar-refractivity contribution in [2.24, 2.45) is 0 Å². The molecule has 0 radical (unpaired) electrons. The first kappa shape index (κ1) is 13.0. The van der Waals surface area contributed by atoms with Crippen molar-refractivity contribution < 1.29 is 9.53 Å². The van der Waals surface area contributed by atoms with Crippen LogP contribution >= 0.6 is 11.8 Å². The van der Waals surface area contributed by atoms with Crippen molar-refractivity contribution in [3.05, 3.63) is 35.7 Å². The molecule has 0 N–H and O–H groups in total.